The zero-order valence-electron chi connectivity index (χ0n) is 19.4. The van der Waals surface area contributed by atoms with Gasteiger partial charge in [-0.15, -0.1) is 0 Å². The van der Waals surface area contributed by atoms with Crippen LogP contribution in [-0.2, 0) is 24.4 Å². The van der Waals surface area contributed by atoms with Crippen LogP contribution in [0.5, 0.6) is 0 Å². The van der Waals surface area contributed by atoms with Crippen molar-refractivity contribution in [3.8, 4) is 0 Å². The number of fused-ring (bicyclic) bond motifs is 1. The molecule has 35 heavy (non-hydrogen) atoms. The molecule has 4 aromatic rings. The summed E-state index contributed by atoms with van der Waals surface area (Å²) in [6, 6.07) is 22.0. The number of aryl methyl sites for hydroxylation is 1. The molecule has 0 radical (unpaired) electrons. The first kappa shape index (κ1) is 24.8. The van der Waals surface area contributed by atoms with Crippen LogP contribution in [0.15, 0.2) is 72.8 Å². The molecule has 6 nitrogen and oxygen atoms in total. The molecule has 1 aromatic heterocycles. The van der Waals surface area contributed by atoms with Gasteiger partial charge in [0.15, 0.2) is 5.78 Å². The normalized spacial score (nSPS) is 11.1. The summed E-state index contributed by atoms with van der Waals surface area (Å²) in [4.78, 5) is 27.3. The molecule has 0 aliphatic rings. The summed E-state index contributed by atoms with van der Waals surface area (Å²) in [6.07, 6.45) is 0.889. The molecule has 8 heteroatoms. The highest BCUT2D eigenvalue weighted by Crippen LogP contribution is 2.23. The van der Waals surface area contributed by atoms with Crippen LogP contribution in [0.3, 0.4) is 0 Å². The van der Waals surface area contributed by atoms with E-state index in [0.29, 0.717) is 52.6 Å². The third-order valence-electron chi connectivity index (χ3n) is 5.97. The van der Waals surface area contributed by atoms with Crippen LogP contribution in [0.2, 0.25) is 10.0 Å². The van der Waals surface area contributed by atoms with E-state index in [-0.39, 0.29) is 23.9 Å². The van der Waals surface area contributed by atoms with E-state index >= 15 is 0 Å². The Kier molecular flexibility index (Phi) is 7.73. The molecule has 3 aromatic carbocycles. The first-order chi connectivity index (χ1) is 16.8. The summed E-state index contributed by atoms with van der Waals surface area (Å²) < 4.78 is 3.43. The minimum Gasteiger partial charge on any atom is -0.341 e. The van der Waals surface area contributed by atoms with Gasteiger partial charge >= 0.3 is 0 Å². The molecule has 1 heterocycles. The van der Waals surface area contributed by atoms with E-state index in [1.807, 2.05) is 36.4 Å². The van der Waals surface area contributed by atoms with Crippen molar-refractivity contribution in [2.24, 2.45) is 0 Å². The minimum atomic E-state index is -0.128. The molecule has 0 saturated heterocycles. The van der Waals surface area contributed by atoms with Gasteiger partial charge in [0, 0.05) is 37.1 Å². The van der Waals surface area contributed by atoms with Crippen molar-refractivity contribution in [3.63, 3.8) is 0 Å². The highest BCUT2D eigenvalue weighted by molar-refractivity contribution is 6.35. The van der Waals surface area contributed by atoms with E-state index in [1.54, 1.807) is 57.5 Å². The van der Waals surface area contributed by atoms with Crippen LogP contribution in [0.25, 0.3) is 11.0 Å². The number of carbonyl (C=O) groups excluding carboxylic acids is 2. The van der Waals surface area contributed by atoms with Crippen molar-refractivity contribution in [2.75, 3.05) is 7.05 Å². The van der Waals surface area contributed by atoms with Gasteiger partial charge in [0.25, 0.3) is 0 Å². The number of benzene rings is 3. The van der Waals surface area contributed by atoms with Crippen LogP contribution in [0.4, 0.5) is 0 Å². The Bertz CT molecular complexity index is 1410. The largest absolute Gasteiger partial charge is 0.341 e. The fourth-order valence-corrected chi connectivity index (χ4v) is 4.53. The van der Waals surface area contributed by atoms with E-state index in [9.17, 15) is 9.59 Å². The highest BCUT2D eigenvalue weighted by atomic mass is 35.5. The molecule has 1 N–H and O–H groups in total. The second-order valence-electron chi connectivity index (χ2n) is 8.44. The van der Waals surface area contributed by atoms with Gasteiger partial charge in [0.2, 0.25) is 11.5 Å². The van der Waals surface area contributed by atoms with Crippen LogP contribution in [-0.4, -0.2) is 32.8 Å². The van der Waals surface area contributed by atoms with Crippen LogP contribution < -0.4 is 5.62 Å². The summed E-state index contributed by atoms with van der Waals surface area (Å²) in [7, 11) is 1.80. The van der Waals surface area contributed by atoms with Crippen LogP contribution in [0.1, 0.15) is 28.8 Å². The molecule has 0 fully saturated rings. The Morgan fingerprint density at radius 3 is 2.34 bits per heavy atom. The molecule has 0 atom stereocenters. The number of nitrogens with one attached hydrogen (secondary N) is 1. The lowest BCUT2D eigenvalue weighted by atomic mass is 10.1. The Morgan fingerprint density at radius 1 is 0.914 bits per heavy atom. The Balaban J connectivity index is 1.50. The van der Waals surface area contributed by atoms with E-state index in [1.165, 1.54) is 0 Å². The van der Waals surface area contributed by atoms with Crippen LogP contribution >= 0.6 is 23.2 Å². The van der Waals surface area contributed by atoms with Gasteiger partial charge in [-0.05, 0) is 48.4 Å². The average molecular weight is 509 g/mol. The lowest BCUT2D eigenvalue weighted by Crippen LogP contribution is -2.29. The van der Waals surface area contributed by atoms with Crippen molar-refractivity contribution in [1.29, 1.82) is 5.41 Å². The molecule has 4 rings (SSSR count). The van der Waals surface area contributed by atoms with Gasteiger partial charge in [0.05, 0.1) is 22.6 Å². The van der Waals surface area contributed by atoms with Crippen molar-refractivity contribution in [3.05, 3.63) is 99.6 Å². The lowest BCUT2D eigenvalue weighted by Gasteiger charge is -2.17. The maximum atomic E-state index is 12.9. The molecule has 0 aliphatic carbocycles. The summed E-state index contributed by atoms with van der Waals surface area (Å²) >= 11 is 12.4. The number of hydrogen-bond acceptors (Lipinski definition) is 3. The SMILES string of the molecule is CN(Cc1ccccc1)C(=O)CCCn1c(=N)n(CC(=O)c2ccc(Cl)cc2)c2cccc(Cl)c21. The van der Waals surface area contributed by atoms with E-state index in [0.717, 1.165) is 5.56 Å². The van der Waals surface area contributed by atoms with Gasteiger partial charge in [0.1, 0.15) is 0 Å². The standard InChI is InChI=1S/C27H26Cl2N4O2/c1-31(17-19-7-3-2-4-8-19)25(35)11-6-16-32-26-22(29)9-5-10-23(26)33(27(32)30)18-24(34)20-12-14-21(28)15-13-20/h2-5,7-10,12-15,30H,6,11,16-18H2,1H3. The molecular formula is C27H26Cl2N4O2. The number of carbonyl (C=O) groups is 2. The molecule has 0 unspecified atom stereocenters. The predicted octanol–water partition coefficient (Wildman–Crippen LogP) is 5.55. The second kappa shape index (κ2) is 10.9. The number of nitrogens with zero attached hydrogens (tertiary/aromatic N) is 3. The molecule has 0 saturated carbocycles. The van der Waals surface area contributed by atoms with Crippen molar-refractivity contribution in [2.45, 2.75) is 32.5 Å². The maximum Gasteiger partial charge on any atom is 0.222 e. The van der Waals surface area contributed by atoms with Crippen molar-refractivity contribution in [1.82, 2.24) is 14.0 Å². The van der Waals surface area contributed by atoms with Gasteiger partial charge in [-0.3, -0.25) is 15.0 Å². The Morgan fingerprint density at radius 2 is 1.63 bits per heavy atom. The predicted molar refractivity (Wildman–Crippen MR) is 139 cm³/mol. The number of hydrogen-bond donors (Lipinski definition) is 1. The summed E-state index contributed by atoms with van der Waals surface area (Å²) in [5.41, 5.74) is 3.16. The minimum absolute atomic E-state index is 0.00303. The maximum absolute atomic E-state index is 12.9. The number of Topliss-reactive ketones (excluding diaryl/α,β-unsaturated/α-hetero) is 1. The number of ketones is 1. The second-order valence-corrected chi connectivity index (χ2v) is 9.28. The fourth-order valence-electron chi connectivity index (χ4n) is 4.13. The number of aromatic nitrogens is 2. The molecular weight excluding hydrogens is 483 g/mol. The number of para-hydroxylation sites is 1. The number of amides is 1. The highest BCUT2D eigenvalue weighted by Gasteiger charge is 2.17. The van der Waals surface area contributed by atoms with Crippen molar-refractivity contribution < 1.29 is 9.59 Å². The van der Waals surface area contributed by atoms with E-state index in [2.05, 4.69) is 0 Å². The van der Waals surface area contributed by atoms with E-state index in [4.69, 9.17) is 28.6 Å². The van der Waals surface area contributed by atoms with Gasteiger partial charge in [-0.2, -0.15) is 0 Å². The van der Waals surface area contributed by atoms with Crippen LogP contribution in [0, 0.1) is 5.41 Å². The Hall–Kier alpha value is -3.35. The van der Waals surface area contributed by atoms with E-state index < -0.39 is 0 Å². The third-order valence-corrected chi connectivity index (χ3v) is 6.52. The quantitative estimate of drug-likeness (QED) is 0.301. The molecule has 0 aliphatic heterocycles. The average Bonchev–Trinajstić information content (AvgIpc) is 3.12. The molecule has 1 amide bonds. The molecule has 180 valence electrons. The third kappa shape index (κ3) is 5.66. The van der Waals surface area contributed by atoms with Crippen molar-refractivity contribution >= 4 is 45.9 Å². The summed E-state index contributed by atoms with van der Waals surface area (Å²) in [6.45, 7) is 0.990. The lowest BCUT2D eigenvalue weighted by molar-refractivity contribution is -0.130. The zero-order valence-corrected chi connectivity index (χ0v) is 20.9. The zero-order chi connectivity index (χ0) is 24.9. The summed E-state index contributed by atoms with van der Waals surface area (Å²) in [5, 5.41) is 9.84. The van der Waals surface area contributed by atoms with Gasteiger partial charge in [-0.1, -0.05) is 59.6 Å². The monoisotopic (exact) mass is 508 g/mol. The number of halogens is 2. The smallest absolute Gasteiger partial charge is 0.222 e. The molecule has 0 bridgehead atoms. The number of imidazole rings is 1. The summed E-state index contributed by atoms with van der Waals surface area (Å²) in [5.74, 6) is -0.0920. The topological polar surface area (TPSA) is 71.1 Å². The van der Waals surface area contributed by atoms with Gasteiger partial charge in [-0.25, -0.2) is 0 Å². The first-order valence-corrected chi connectivity index (χ1v) is 12.1. The van der Waals surface area contributed by atoms with Gasteiger partial charge < -0.3 is 14.0 Å². The Labute approximate surface area is 213 Å². The fraction of sp³-hybridized carbons (Fsp3) is 0.222. The molecule has 0 spiro atoms. The first-order valence-electron chi connectivity index (χ1n) is 11.3. The number of rotatable bonds is 9.